The van der Waals surface area contributed by atoms with E-state index >= 15 is 0 Å². The molecule has 2 aromatic rings. The summed E-state index contributed by atoms with van der Waals surface area (Å²) < 4.78 is 5.48. The minimum Gasteiger partial charge on any atom is -0.337 e. The van der Waals surface area contributed by atoms with Gasteiger partial charge < -0.3 is 19.2 Å². The summed E-state index contributed by atoms with van der Waals surface area (Å²) in [6.45, 7) is 5.12. The molecule has 3 atom stereocenters. The van der Waals surface area contributed by atoms with Crippen LogP contribution in [-0.4, -0.2) is 66.1 Å². The third kappa shape index (κ3) is 3.41. The fourth-order valence-electron chi connectivity index (χ4n) is 4.99. The van der Waals surface area contributed by atoms with Gasteiger partial charge in [0.1, 0.15) is 0 Å². The summed E-state index contributed by atoms with van der Waals surface area (Å²) in [7, 11) is 3.90. The third-order valence-electron chi connectivity index (χ3n) is 6.58. The number of rotatable bonds is 5. The van der Waals surface area contributed by atoms with Crippen LogP contribution < -0.4 is 4.90 Å². The SMILES string of the molecule is Cc1ccccc1[C@H]1[C@@H]2CN(c3noc(C4CC4)n3)C[C@@H]2CN1C(=O)CN(C)C. The van der Waals surface area contributed by atoms with Gasteiger partial charge in [0.05, 0.1) is 12.6 Å². The van der Waals surface area contributed by atoms with E-state index in [1.807, 2.05) is 19.0 Å². The summed E-state index contributed by atoms with van der Waals surface area (Å²) in [6, 6.07) is 8.58. The fraction of sp³-hybridized carbons (Fsp3) is 0.591. The largest absolute Gasteiger partial charge is 0.337 e. The monoisotopic (exact) mass is 395 g/mol. The first-order chi connectivity index (χ1) is 14.0. The van der Waals surface area contributed by atoms with Crippen LogP contribution in [0.2, 0.25) is 0 Å². The Balaban J connectivity index is 1.41. The Morgan fingerprint density at radius 2 is 2.00 bits per heavy atom. The molecule has 7 nitrogen and oxygen atoms in total. The maximum atomic E-state index is 13.0. The molecule has 1 amide bonds. The van der Waals surface area contributed by atoms with Gasteiger partial charge in [0.2, 0.25) is 11.8 Å². The summed E-state index contributed by atoms with van der Waals surface area (Å²) in [5.74, 6) is 2.99. The standard InChI is InChI=1S/C22H29N5O2/c1-14-6-4-5-7-17(14)20-18-12-26(22-23-21(29-24-22)15-8-9-15)10-16(18)11-27(20)19(28)13-25(2)3/h4-7,15-16,18,20H,8-13H2,1-3H3/t16-,18-,20+/m1/s1. The number of benzene rings is 1. The zero-order chi connectivity index (χ0) is 20.1. The van der Waals surface area contributed by atoms with Gasteiger partial charge in [-0.25, -0.2) is 0 Å². The van der Waals surface area contributed by atoms with Gasteiger partial charge in [-0.1, -0.05) is 24.3 Å². The van der Waals surface area contributed by atoms with Gasteiger partial charge in [-0.2, -0.15) is 4.98 Å². The van der Waals surface area contributed by atoms with E-state index in [2.05, 4.69) is 51.1 Å². The minimum absolute atomic E-state index is 0.105. The van der Waals surface area contributed by atoms with Gasteiger partial charge in [0.25, 0.3) is 5.95 Å². The Bertz CT molecular complexity index is 906. The normalized spacial score (nSPS) is 26.4. The van der Waals surface area contributed by atoms with E-state index in [0.29, 0.717) is 24.3 Å². The van der Waals surface area contributed by atoms with Crippen molar-refractivity contribution < 1.29 is 9.32 Å². The highest BCUT2D eigenvalue weighted by molar-refractivity contribution is 5.79. The number of carbonyl (C=O) groups excluding carboxylic acids is 1. The maximum absolute atomic E-state index is 13.0. The number of amides is 1. The first kappa shape index (κ1) is 18.6. The Morgan fingerprint density at radius 1 is 1.21 bits per heavy atom. The number of fused-ring (bicyclic) bond motifs is 1. The number of aryl methyl sites for hydroxylation is 1. The molecule has 7 heteroatoms. The van der Waals surface area contributed by atoms with Crippen molar-refractivity contribution in [2.75, 3.05) is 45.2 Å². The molecule has 154 valence electrons. The van der Waals surface area contributed by atoms with Crippen LogP contribution in [0.4, 0.5) is 5.95 Å². The lowest BCUT2D eigenvalue weighted by molar-refractivity contribution is -0.133. The lowest BCUT2D eigenvalue weighted by Gasteiger charge is -2.31. The number of anilines is 1. The van der Waals surface area contributed by atoms with E-state index in [-0.39, 0.29) is 11.9 Å². The molecule has 3 aliphatic rings. The van der Waals surface area contributed by atoms with Crippen LogP contribution in [0.15, 0.2) is 28.8 Å². The van der Waals surface area contributed by atoms with E-state index in [4.69, 9.17) is 4.52 Å². The molecule has 5 rings (SSSR count). The van der Waals surface area contributed by atoms with Gasteiger partial charge in [-0.15, -0.1) is 0 Å². The number of likely N-dealkylation sites (N-methyl/N-ethyl adjacent to an activating group) is 1. The second-order valence-electron chi connectivity index (χ2n) is 9.12. The topological polar surface area (TPSA) is 65.7 Å². The van der Waals surface area contributed by atoms with Crippen LogP contribution in [0, 0.1) is 18.8 Å². The molecule has 1 aromatic carbocycles. The summed E-state index contributed by atoms with van der Waals surface area (Å²) in [6.07, 6.45) is 2.32. The molecule has 0 N–H and O–H groups in total. The highest BCUT2D eigenvalue weighted by Crippen LogP contribution is 2.47. The fourth-order valence-corrected chi connectivity index (χ4v) is 4.99. The van der Waals surface area contributed by atoms with Crippen LogP contribution in [0.1, 0.15) is 41.8 Å². The predicted molar refractivity (Wildman–Crippen MR) is 110 cm³/mol. The summed E-state index contributed by atoms with van der Waals surface area (Å²) >= 11 is 0. The van der Waals surface area contributed by atoms with Crippen molar-refractivity contribution in [2.45, 2.75) is 31.7 Å². The molecule has 0 radical (unpaired) electrons. The van der Waals surface area contributed by atoms with Crippen LogP contribution in [0.3, 0.4) is 0 Å². The number of aromatic nitrogens is 2. The number of hydrogen-bond donors (Lipinski definition) is 0. The van der Waals surface area contributed by atoms with Crippen LogP contribution in [0.25, 0.3) is 0 Å². The van der Waals surface area contributed by atoms with Gasteiger partial charge >= 0.3 is 0 Å². The predicted octanol–water partition coefficient (Wildman–Crippen LogP) is 2.45. The Morgan fingerprint density at radius 3 is 2.72 bits per heavy atom. The smallest absolute Gasteiger partial charge is 0.266 e. The van der Waals surface area contributed by atoms with Gasteiger partial charge in [-0.3, -0.25) is 4.79 Å². The number of hydrogen-bond acceptors (Lipinski definition) is 6. The molecule has 0 unspecified atom stereocenters. The molecule has 1 aliphatic carbocycles. The summed E-state index contributed by atoms with van der Waals surface area (Å²) in [4.78, 5) is 24.0. The van der Waals surface area contributed by atoms with Crippen LogP contribution in [-0.2, 0) is 4.79 Å². The average Bonchev–Trinajstić information content (AvgIpc) is 3.11. The zero-order valence-electron chi connectivity index (χ0n) is 17.4. The van der Waals surface area contributed by atoms with Crippen molar-refractivity contribution in [3.8, 4) is 0 Å². The van der Waals surface area contributed by atoms with Crippen molar-refractivity contribution in [3.05, 3.63) is 41.3 Å². The van der Waals surface area contributed by atoms with Gasteiger partial charge in [0, 0.05) is 37.4 Å². The zero-order valence-corrected chi connectivity index (χ0v) is 17.4. The van der Waals surface area contributed by atoms with E-state index in [9.17, 15) is 4.79 Å². The molecule has 1 saturated carbocycles. The van der Waals surface area contributed by atoms with E-state index < -0.39 is 0 Å². The molecule has 0 spiro atoms. The van der Waals surface area contributed by atoms with E-state index in [1.165, 1.54) is 11.1 Å². The number of carbonyl (C=O) groups is 1. The van der Waals surface area contributed by atoms with Crippen LogP contribution in [0.5, 0.6) is 0 Å². The van der Waals surface area contributed by atoms with Crippen molar-refractivity contribution in [1.82, 2.24) is 19.9 Å². The number of nitrogens with zero attached hydrogens (tertiary/aromatic N) is 5. The molecular weight excluding hydrogens is 366 g/mol. The number of likely N-dealkylation sites (tertiary alicyclic amines) is 1. The van der Waals surface area contributed by atoms with E-state index in [0.717, 1.165) is 44.3 Å². The molecule has 3 heterocycles. The highest BCUT2D eigenvalue weighted by Gasteiger charge is 2.50. The molecule has 2 saturated heterocycles. The molecule has 29 heavy (non-hydrogen) atoms. The lowest BCUT2D eigenvalue weighted by atomic mass is 9.87. The highest BCUT2D eigenvalue weighted by atomic mass is 16.5. The molecule has 0 bridgehead atoms. The minimum atomic E-state index is 0.105. The second-order valence-corrected chi connectivity index (χ2v) is 9.12. The van der Waals surface area contributed by atoms with Gasteiger partial charge in [-0.05, 0) is 50.1 Å². The maximum Gasteiger partial charge on any atom is 0.266 e. The first-order valence-electron chi connectivity index (χ1n) is 10.6. The van der Waals surface area contributed by atoms with Crippen molar-refractivity contribution in [3.63, 3.8) is 0 Å². The van der Waals surface area contributed by atoms with Crippen molar-refractivity contribution in [2.24, 2.45) is 11.8 Å². The summed E-state index contributed by atoms with van der Waals surface area (Å²) in [5, 5.41) is 4.25. The second kappa shape index (κ2) is 7.13. The van der Waals surface area contributed by atoms with Crippen LogP contribution >= 0.6 is 0 Å². The Kier molecular flexibility index (Phi) is 4.57. The van der Waals surface area contributed by atoms with Gasteiger partial charge in [0.15, 0.2) is 0 Å². The molecule has 3 fully saturated rings. The summed E-state index contributed by atoms with van der Waals surface area (Å²) in [5.41, 5.74) is 2.51. The molecule has 2 aliphatic heterocycles. The van der Waals surface area contributed by atoms with E-state index in [1.54, 1.807) is 0 Å². The molecular formula is C22H29N5O2. The third-order valence-corrected chi connectivity index (χ3v) is 6.58. The average molecular weight is 396 g/mol. The lowest BCUT2D eigenvalue weighted by Crippen LogP contribution is -2.40. The Labute approximate surface area is 171 Å². The molecule has 1 aromatic heterocycles. The quantitative estimate of drug-likeness (QED) is 0.775. The first-order valence-corrected chi connectivity index (χ1v) is 10.6. The van der Waals surface area contributed by atoms with Crippen molar-refractivity contribution >= 4 is 11.9 Å². The Hall–Kier alpha value is -2.41. The van der Waals surface area contributed by atoms with Crippen molar-refractivity contribution in [1.29, 1.82) is 0 Å².